The standard InChI is InChI=1S/C26H27ClN2O5S/c1-26(2,3)24(31)21-6-4-5-7-22(21)28-25(32)23(16-17-8-12-19(30)13-9-17)29-35(33,34)20-14-10-18(27)11-15-20/h4-15,23,29-30H,16H2,1-3H3,(H,28,32)/t23-/m0/s1. The third kappa shape index (κ3) is 6.91. The van der Waals surface area contributed by atoms with Gasteiger partial charge in [-0.25, -0.2) is 8.42 Å². The smallest absolute Gasteiger partial charge is 0.242 e. The summed E-state index contributed by atoms with van der Waals surface area (Å²) in [4.78, 5) is 26.2. The highest BCUT2D eigenvalue weighted by atomic mass is 35.5. The lowest BCUT2D eigenvalue weighted by Crippen LogP contribution is -2.45. The zero-order chi connectivity index (χ0) is 25.8. The molecule has 3 aromatic rings. The Morgan fingerprint density at radius 1 is 0.943 bits per heavy atom. The molecular weight excluding hydrogens is 488 g/mol. The molecule has 0 unspecified atom stereocenters. The second kappa shape index (κ2) is 10.6. The molecule has 3 N–H and O–H groups in total. The number of Topliss-reactive ketones (excluding diaryl/α,β-unsaturated/α-hetero) is 1. The van der Waals surface area contributed by atoms with Crippen molar-refractivity contribution < 1.29 is 23.1 Å². The van der Waals surface area contributed by atoms with Gasteiger partial charge in [-0.15, -0.1) is 0 Å². The van der Waals surface area contributed by atoms with E-state index >= 15 is 0 Å². The Balaban J connectivity index is 1.93. The Morgan fingerprint density at radius 3 is 2.14 bits per heavy atom. The van der Waals surface area contributed by atoms with Crippen molar-refractivity contribution in [2.45, 2.75) is 38.1 Å². The summed E-state index contributed by atoms with van der Waals surface area (Å²) < 4.78 is 28.5. The lowest BCUT2D eigenvalue weighted by molar-refractivity contribution is -0.117. The SMILES string of the molecule is CC(C)(C)C(=O)c1ccccc1NC(=O)[C@H](Cc1ccc(O)cc1)NS(=O)(=O)c1ccc(Cl)cc1. The predicted octanol–water partition coefficient (Wildman–Crippen LogP) is 4.80. The number of rotatable bonds is 8. The van der Waals surface area contributed by atoms with Crippen LogP contribution in [0.2, 0.25) is 5.02 Å². The largest absolute Gasteiger partial charge is 0.508 e. The van der Waals surface area contributed by atoms with Gasteiger partial charge in [0.1, 0.15) is 11.8 Å². The fourth-order valence-electron chi connectivity index (χ4n) is 3.34. The number of aromatic hydroxyl groups is 1. The Bertz CT molecular complexity index is 1320. The molecule has 0 spiro atoms. The molecule has 0 heterocycles. The Kier molecular flexibility index (Phi) is 8.00. The normalized spacial score (nSPS) is 12.7. The van der Waals surface area contributed by atoms with Crippen molar-refractivity contribution in [2.75, 3.05) is 5.32 Å². The number of para-hydroxylation sites is 1. The highest BCUT2D eigenvalue weighted by Crippen LogP contribution is 2.26. The zero-order valence-corrected chi connectivity index (χ0v) is 21.2. The van der Waals surface area contributed by atoms with E-state index in [0.717, 1.165) is 0 Å². The predicted molar refractivity (Wildman–Crippen MR) is 136 cm³/mol. The molecule has 0 bridgehead atoms. The van der Waals surface area contributed by atoms with Crippen molar-refractivity contribution in [3.63, 3.8) is 0 Å². The molecule has 0 aromatic heterocycles. The fraction of sp³-hybridized carbons (Fsp3) is 0.231. The van der Waals surface area contributed by atoms with Crippen molar-refractivity contribution in [3.05, 3.63) is 88.9 Å². The summed E-state index contributed by atoms with van der Waals surface area (Å²) in [5.74, 6) is -0.749. The van der Waals surface area contributed by atoms with Crippen LogP contribution in [0.15, 0.2) is 77.7 Å². The van der Waals surface area contributed by atoms with Gasteiger partial charge in [-0.1, -0.05) is 56.6 Å². The van der Waals surface area contributed by atoms with Crippen molar-refractivity contribution in [3.8, 4) is 5.75 Å². The summed E-state index contributed by atoms with van der Waals surface area (Å²) in [5.41, 5.74) is 0.569. The number of nitrogens with one attached hydrogen (secondary N) is 2. The first-order chi connectivity index (χ1) is 16.4. The van der Waals surface area contributed by atoms with Crippen LogP contribution in [0.25, 0.3) is 0 Å². The molecule has 35 heavy (non-hydrogen) atoms. The highest BCUT2D eigenvalue weighted by molar-refractivity contribution is 7.89. The van der Waals surface area contributed by atoms with Crippen LogP contribution in [0.5, 0.6) is 5.75 Å². The number of benzene rings is 3. The van der Waals surface area contributed by atoms with Gasteiger partial charge in [0.15, 0.2) is 5.78 Å². The summed E-state index contributed by atoms with van der Waals surface area (Å²) in [6, 6.07) is 17.1. The summed E-state index contributed by atoms with van der Waals surface area (Å²) in [6.45, 7) is 5.34. The third-order valence-corrected chi connectivity index (χ3v) is 6.96. The van der Waals surface area contributed by atoms with E-state index < -0.39 is 27.4 Å². The molecule has 0 radical (unpaired) electrons. The van der Waals surface area contributed by atoms with E-state index in [1.54, 1.807) is 57.2 Å². The van der Waals surface area contributed by atoms with Crippen LogP contribution in [0.3, 0.4) is 0 Å². The topological polar surface area (TPSA) is 113 Å². The summed E-state index contributed by atoms with van der Waals surface area (Å²) >= 11 is 5.87. The van der Waals surface area contributed by atoms with Crippen LogP contribution in [0, 0.1) is 5.41 Å². The van der Waals surface area contributed by atoms with E-state index in [-0.39, 0.29) is 22.8 Å². The van der Waals surface area contributed by atoms with Gasteiger partial charge in [-0.3, -0.25) is 9.59 Å². The lowest BCUT2D eigenvalue weighted by atomic mass is 9.86. The second-order valence-electron chi connectivity index (χ2n) is 9.11. The molecule has 3 aromatic carbocycles. The molecule has 0 saturated carbocycles. The maximum absolute atomic E-state index is 13.4. The number of sulfonamides is 1. The fourth-order valence-corrected chi connectivity index (χ4v) is 4.66. The molecule has 1 atom stereocenters. The number of carbonyl (C=O) groups excluding carboxylic acids is 2. The first-order valence-corrected chi connectivity index (χ1v) is 12.7. The van der Waals surface area contributed by atoms with Gasteiger partial charge in [0.2, 0.25) is 15.9 Å². The van der Waals surface area contributed by atoms with Crippen LogP contribution in [-0.2, 0) is 21.2 Å². The quantitative estimate of drug-likeness (QED) is 0.374. The summed E-state index contributed by atoms with van der Waals surface area (Å²) in [6.07, 6.45) is 0.00825. The minimum absolute atomic E-state index is 0.00825. The second-order valence-corrected chi connectivity index (χ2v) is 11.3. The van der Waals surface area contributed by atoms with E-state index in [1.165, 1.54) is 36.4 Å². The molecule has 0 aliphatic carbocycles. The van der Waals surface area contributed by atoms with Crippen molar-refractivity contribution in [1.29, 1.82) is 0 Å². The zero-order valence-electron chi connectivity index (χ0n) is 19.6. The van der Waals surface area contributed by atoms with Crippen LogP contribution in [-0.4, -0.2) is 31.3 Å². The number of halogens is 1. The average Bonchev–Trinajstić information content (AvgIpc) is 2.79. The van der Waals surface area contributed by atoms with Gasteiger partial charge >= 0.3 is 0 Å². The van der Waals surface area contributed by atoms with E-state index in [0.29, 0.717) is 21.8 Å². The monoisotopic (exact) mass is 514 g/mol. The Labute approximate surface area is 210 Å². The van der Waals surface area contributed by atoms with Gasteiger partial charge in [-0.2, -0.15) is 4.72 Å². The number of ketones is 1. The molecule has 0 aliphatic heterocycles. The molecule has 0 fully saturated rings. The van der Waals surface area contributed by atoms with Crippen LogP contribution in [0.1, 0.15) is 36.7 Å². The Hall–Kier alpha value is -3.20. The van der Waals surface area contributed by atoms with Crippen LogP contribution < -0.4 is 10.0 Å². The van der Waals surface area contributed by atoms with E-state index in [9.17, 15) is 23.1 Å². The van der Waals surface area contributed by atoms with Gasteiger partial charge < -0.3 is 10.4 Å². The van der Waals surface area contributed by atoms with Crippen molar-refractivity contribution in [1.82, 2.24) is 4.72 Å². The first-order valence-electron chi connectivity index (χ1n) is 10.9. The molecule has 1 amide bonds. The summed E-state index contributed by atoms with van der Waals surface area (Å²) in [5, 5.41) is 12.7. The number of anilines is 1. The van der Waals surface area contributed by atoms with Gasteiger partial charge in [0, 0.05) is 16.0 Å². The van der Waals surface area contributed by atoms with Gasteiger partial charge in [0.25, 0.3) is 0 Å². The molecular formula is C26H27ClN2O5S. The van der Waals surface area contributed by atoms with Crippen molar-refractivity contribution in [2.24, 2.45) is 5.41 Å². The molecule has 0 aliphatic rings. The molecule has 0 saturated heterocycles. The maximum Gasteiger partial charge on any atom is 0.242 e. The van der Waals surface area contributed by atoms with Crippen LogP contribution >= 0.6 is 11.6 Å². The van der Waals surface area contributed by atoms with Gasteiger partial charge in [-0.05, 0) is 60.5 Å². The number of phenolic OH excluding ortho intramolecular Hbond substituents is 1. The van der Waals surface area contributed by atoms with E-state index in [1.807, 2.05) is 0 Å². The number of amides is 1. The third-order valence-electron chi connectivity index (χ3n) is 5.22. The minimum Gasteiger partial charge on any atom is -0.508 e. The first kappa shape index (κ1) is 26.4. The molecule has 184 valence electrons. The number of hydrogen-bond acceptors (Lipinski definition) is 5. The lowest BCUT2D eigenvalue weighted by Gasteiger charge is -2.22. The van der Waals surface area contributed by atoms with E-state index in [2.05, 4.69) is 10.0 Å². The number of carbonyl (C=O) groups is 2. The summed E-state index contributed by atoms with van der Waals surface area (Å²) in [7, 11) is -4.08. The van der Waals surface area contributed by atoms with E-state index in [4.69, 9.17) is 11.6 Å². The van der Waals surface area contributed by atoms with Gasteiger partial charge in [0.05, 0.1) is 10.6 Å². The van der Waals surface area contributed by atoms with Crippen molar-refractivity contribution >= 4 is 39.0 Å². The maximum atomic E-state index is 13.4. The number of phenols is 1. The molecule has 3 rings (SSSR count). The number of hydrogen-bond donors (Lipinski definition) is 3. The minimum atomic E-state index is -4.08. The average molecular weight is 515 g/mol. The van der Waals surface area contributed by atoms with Crippen LogP contribution in [0.4, 0.5) is 5.69 Å². The Morgan fingerprint density at radius 2 is 1.54 bits per heavy atom. The molecule has 9 heteroatoms. The highest BCUT2D eigenvalue weighted by Gasteiger charge is 2.29. The molecule has 7 nitrogen and oxygen atoms in total.